The van der Waals surface area contributed by atoms with Gasteiger partial charge in [-0.1, -0.05) is 12.1 Å². The van der Waals surface area contributed by atoms with Gasteiger partial charge in [-0.2, -0.15) is 0 Å². The van der Waals surface area contributed by atoms with Gasteiger partial charge in [0, 0.05) is 68.8 Å². The van der Waals surface area contributed by atoms with Gasteiger partial charge in [-0.25, -0.2) is 4.98 Å². The molecule has 0 spiro atoms. The largest absolute Gasteiger partial charge is 0.494 e. The third-order valence-electron chi connectivity index (χ3n) is 5.62. The number of aliphatic hydroxyl groups is 1. The number of piperazine rings is 1. The summed E-state index contributed by atoms with van der Waals surface area (Å²) >= 11 is 1.65. The zero-order chi connectivity index (χ0) is 20.8. The van der Waals surface area contributed by atoms with Gasteiger partial charge in [0.1, 0.15) is 5.75 Å². The van der Waals surface area contributed by atoms with Crippen LogP contribution in [0.2, 0.25) is 0 Å². The Hall–Kier alpha value is -2.19. The SMILES string of the molecule is CCOc1ccc(CN2CCN(Cc3cccn3-c3nccs3)C[C@@H]2CCO)cc1. The van der Waals surface area contributed by atoms with Crippen molar-refractivity contribution in [1.82, 2.24) is 19.4 Å². The minimum atomic E-state index is 0.216. The maximum Gasteiger partial charge on any atom is 0.193 e. The fourth-order valence-electron chi connectivity index (χ4n) is 4.12. The molecule has 1 aromatic carbocycles. The highest BCUT2D eigenvalue weighted by Gasteiger charge is 2.27. The van der Waals surface area contributed by atoms with Crippen molar-refractivity contribution in [2.24, 2.45) is 0 Å². The van der Waals surface area contributed by atoms with Crippen LogP contribution in [0.1, 0.15) is 24.6 Å². The molecule has 2 aromatic heterocycles. The molecule has 0 unspecified atom stereocenters. The minimum absolute atomic E-state index is 0.216. The molecular weight excluding hydrogens is 396 g/mol. The first-order valence-corrected chi connectivity index (χ1v) is 11.5. The third-order valence-corrected chi connectivity index (χ3v) is 6.39. The summed E-state index contributed by atoms with van der Waals surface area (Å²) in [7, 11) is 0. The van der Waals surface area contributed by atoms with Crippen LogP contribution in [0.15, 0.2) is 54.2 Å². The molecule has 0 aliphatic carbocycles. The smallest absolute Gasteiger partial charge is 0.193 e. The maximum absolute atomic E-state index is 9.64. The fourth-order valence-corrected chi connectivity index (χ4v) is 4.78. The number of hydrogen-bond donors (Lipinski definition) is 1. The van der Waals surface area contributed by atoms with E-state index in [0.717, 1.165) is 50.0 Å². The number of rotatable bonds is 9. The normalized spacial score (nSPS) is 18.0. The average molecular weight is 427 g/mol. The molecule has 0 bridgehead atoms. The topological polar surface area (TPSA) is 53.8 Å². The Morgan fingerprint density at radius 3 is 2.77 bits per heavy atom. The second-order valence-electron chi connectivity index (χ2n) is 7.63. The van der Waals surface area contributed by atoms with Crippen molar-refractivity contribution in [2.45, 2.75) is 32.5 Å². The van der Waals surface area contributed by atoms with Crippen molar-refractivity contribution < 1.29 is 9.84 Å². The molecule has 7 heteroatoms. The van der Waals surface area contributed by atoms with Crippen LogP contribution >= 0.6 is 11.3 Å². The van der Waals surface area contributed by atoms with Crippen molar-refractivity contribution in [2.75, 3.05) is 32.8 Å². The first kappa shape index (κ1) is 21.1. The van der Waals surface area contributed by atoms with Gasteiger partial charge >= 0.3 is 0 Å². The predicted molar refractivity (Wildman–Crippen MR) is 120 cm³/mol. The highest BCUT2D eigenvalue weighted by atomic mass is 32.1. The molecule has 0 saturated carbocycles. The Bertz CT molecular complexity index is 894. The second kappa shape index (κ2) is 10.2. The second-order valence-corrected chi connectivity index (χ2v) is 8.51. The molecule has 160 valence electrons. The molecule has 3 heterocycles. The number of aromatic nitrogens is 2. The Morgan fingerprint density at radius 1 is 1.17 bits per heavy atom. The highest BCUT2D eigenvalue weighted by Crippen LogP contribution is 2.22. The van der Waals surface area contributed by atoms with Crippen molar-refractivity contribution in [1.29, 1.82) is 0 Å². The molecule has 0 amide bonds. The van der Waals surface area contributed by atoms with E-state index in [2.05, 4.69) is 49.8 Å². The summed E-state index contributed by atoms with van der Waals surface area (Å²) in [5.41, 5.74) is 2.54. The molecule has 1 fully saturated rings. The number of thiazole rings is 1. The van der Waals surface area contributed by atoms with Crippen molar-refractivity contribution in [3.05, 3.63) is 65.4 Å². The van der Waals surface area contributed by atoms with E-state index in [1.54, 1.807) is 11.3 Å². The molecule has 1 N–H and O–H groups in total. The minimum Gasteiger partial charge on any atom is -0.494 e. The van der Waals surface area contributed by atoms with Crippen LogP contribution in [0.4, 0.5) is 0 Å². The van der Waals surface area contributed by atoms with Crippen LogP contribution in [0.5, 0.6) is 5.75 Å². The Labute approximate surface area is 182 Å². The summed E-state index contributed by atoms with van der Waals surface area (Å²) in [6, 6.07) is 13.0. The number of ether oxygens (including phenoxy) is 1. The van der Waals surface area contributed by atoms with Gasteiger partial charge in [0.05, 0.1) is 6.61 Å². The van der Waals surface area contributed by atoms with Gasteiger partial charge in [-0.3, -0.25) is 14.4 Å². The van der Waals surface area contributed by atoms with Crippen molar-refractivity contribution in [3.8, 4) is 10.9 Å². The summed E-state index contributed by atoms with van der Waals surface area (Å²) in [5.74, 6) is 0.918. The molecule has 4 rings (SSSR count). The molecule has 3 aromatic rings. The van der Waals surface area contributed by atoms with E-state index in [1.807, 2.05) is 30.6 Å². The van der Waals surface area contributed by atoms with Gasteiger partial charge in [0.15, 0.2) is 5.13 Å². The lowest BCUT2D eigenvalue weighted by atomic mass is 10.1. The lowest BCUT2D eigenvalue weighted by Gasteiger charge is -2.41. The van der Waals surface area contributed by atoms with Gasteiger partial charge in [0.25, 0.3) is 0 Å². The van der Waals surface area contributed by atoms with E-state index in [4.69, 9.17) is 4.74 Å². The average Bonchev–Trinajstić information content (AvgIpc) is 3.43. The van der Waals surface area contributed by atoms with Crippen LogP contribution in [0.25, 0.3) is 5.13 Å². The van der Waals surface area contributed by atoms with Crippen molar-refractivity contribution in [3.63, 3.8) is 0 Å². The van der Waals surface area contributed by atoms with E-state index in [1.165, 1.54) is 11.3 Å². The molecule has 1 saturated heterocycles. The quantitative estimate of drug-likeness (QED) is 0.568. The molecule has 30 heavy (non-hydrogen) atoms. The van der Waals surface area contributed by atoms with Crippen LogP contribution in [-0.4, -0.2) is 63.3 Å². The van der Waals surface area contributed by atoms with Crippen molar-refractivity contribution >= 4 is 11.3 Å². The van der Waals surface area contributed by atoms with Crippen LogP contribution in [0, 0.1) is 0 Å². The predicted octanol–water partition coefficient (Wildman–Crippen LogP) is 3.40. The fraction of sp³-hybridized carbons (Fsp3) is 0.435. The van der Waals surface area contributed by atoms with E-state index in [9.17, 15) is 5.11 Å². The van der Waals surface area contributed by atoms with E-state index in [-0.39, 0.29) is 6.61 Å². The zero-order valence-corrected chi connectivity index (χ0v) is 18.3. The van der Waals surface area contributed by atoms with E-state index in [0.29, 0.717) is 12.6 Å². The number of aliphatic hydroxyl groups excluding tert-OH is 1. The third kappa shape index (κ3) is 5.10. The number of nitrogens with zero attached hydrogens (tertiary/aromatic N) is 4. The molecule has 1 aliphatic heterocycles. The molecule has 1 atom stereocenters. The molecular formula is C23H30N4O2S. The summed E-state index contributed by atoms with van der Waals surface area (Å²) in [6.07, 6.45) is 4.73. The number of hydrogen-bond acceptors (Lipinski definition) is 6. The lowest BCUT2D eigenvalue weighted by Crippen LogP contribution is -2.52. The summed E-state index contributed by atoms with van der Waals surface area (Å²) in [4.78, 5) is 9.44. The molecule has 1 aliphatic rings. The summed E-state index contributed by atoms with van der Waals surface area (Å²) in [5, 5.41) is 12.7. The van der Waals surface area contributed by atoms with Crippen LogP contribution < -0.4 is 4.74 Å². The zero-order valence-electron chi connectivity index (χ0n) is 17.5. The van der Waals surface area contributed by atoms with Gasteiger partial charge in [-0.15, -0.1) is 11.3 Å². The standard InChI is InChI=1S/C23H30N4O2S/c1-2-29-22-7-5-19(6-8-22)16-26-13-12-25(17-20(26)9-14-28)18-21-4-3-11-27(21)23-24-10-15-30-23/h3-8,10-11,15,20,28H,2,9,12-14,16-18H2,1H3/t20-/m0/s1. The first-order valence-electron chi connectivity index (χ1n) is 10.6. The lowest BCUT2D eigenvalue weighted by molar-refractivity contribution is 0.0492. The van der Waals surface area contributed by atoms with E-state index < -0.39 is 0 Å². The van der Waals surface area contributed by atoms with Gasteiger partial charge < -0.3 is 9.84 Å². The molecule has 6 nitrogen and oxygen atoms in total. The summed E-state index contributed by atoms with van der Waals surface area (Å²) in [6.45, 7) is 7.67. The van der Waals surface area contributed by atoms with Gasteiger partial charge in [-0.05, 0) is 43.2 Å². The Morgan fingerprint density at radius 2 is 2.03 bits per heavy atom. The number of benzene rings is 1. The Balaban J connectivity index is 1.39. The first-order chi connectivity index (χ1) is 14.8. The Kier molecular flexibility index (Phi) is 7.17. The molecule has 0 radical (unpaired) electrons. The van der Waals surface area contributed by atoms with Crippen LogP contribution in [0.3, 0.4) is 0 Å². The highest BCUT2D eigenvalue weighted by molar-refractivity contribution is 7.12. The van der Waals surface area contributed by atoms with Crippen LogP contribution in [-0.2, 0) is 13.1 Å². The summed E-state index contributed by atoms with van der Waals surface area (Å²) < 4.78 is 7.73. The van der Waals surface area contributed by atoms with Gasteiger partial charge in [0.2, 0.25) is 0 Å². The monoisotopic (exact) mass is 426 g/mol. The van der Waals surface area contributed by atoms with E-state index >= 15 is 0 Å². The maximum atomic E-state index is 9.64.